The maximum atomic E-state index is 14.2. The van der Waals surface area contributed by atoms with E-state index in [1.54, 1.807) is 23.0 Å². The molecule has 1 aliphatic heterocycles. The molecule has 1 fully saturated rings. The number of benzene rings is 1. The molecule has 30 heavy (non-hydrogen) atoms. The van der Waals surface area contributed by atoms with Gasteiger partial charge in [0.2, 0.25) is 0 Å². The highest BCUT2D eigenvalue weighted by Crippen LogP contribution is 2.44. The second-order valence-electron chi connectivity index (χ2n) is 8.32. The summed E-state index contributed by atoms with van der Waals surface area (Å²) in [6.07, 6.45) is 7.59. The van der Waals surface area contributed by atoms with Gasteiger partial charge in [0.05, 0.1) is 5.52 Å². The van der Waals surface area contributed by atoms with Gasteiger partial charge in [-0.05, 0) is 56.9 Å². The second-order valence-corrected chi connectivity index (χ2v) is 8.32. The molecular formula is C23H19FN6. The van der Waals surface area contributed by atoms with E-state index in [1.807, 2.05) is 6.07 Å². The van der Waals surface area contributed by atoms with Gasteiger partial charge in [0, 0.05) is 34.7 Å². The van der Waals surface area contributed by atoms with Crippen LogP contribution in [0.1, 0.15) is 37.3 Å². The van der Waals surface area contributed by atoms with E-state index in [0.29, 0.717) is 17.0 Å². The molecule has 0 atom stereocenters. The predicted molar refractivity (Wildman–Crippen MR) is 112 cm³/mol. The minimum Gasteiger partial charge on any atom is -0.310 e. The Morgan fingerprint density at radius 2 is 2.07 bits per heavy atom. The number of fused-ring (bicyclic) bond motifs is 4. The van der Waals surface area contributed by atoms with Crippen LogP contribution in [0.4, 0.5) is 16.0 Å². The van der Waals surface area contributed by atoms with E-state index in [-0.39, 0.29) is 11.2 Å². The molecule has 4 aromatic rings. The Balaban J connectivity index is 1.55. The normalized spacial score (nSPS) is 16.9. The predicted octanol–water partition coefficient (Wildman–Crippen LogP) is 4.05. The number of pyridine rings is 1. The van der Waals surface area contributed by atoms with Crippen LogP contribution in [0.5, 0.6) is 0 Å². The lowest BCUT2D eigenvalue weighted by molar-refractivity contribution is 0.629. The van der Waals surface area contributed by atoms with Crippen LogP contribution in [0, 0.1) is 23.1 Å². The Kier molecular flexibility index (Phi) is 3.60. The zero-order chi connectivity index (χ0) is 20.3. The third-order valence-electron chi connectivity index (χ3n) is 6.05. The van der Waals surface area contributed by atoms with Crippen molar-refractivity contribution in [1.82, 2.24) is 24.6 Å². The maximum absolute atomic E-state index is 14.2. The van der Waals surface area contributed by atoms with Crippen LogP contribution >= 0.6 is 0 Å². The van der Waals surface area contributed by atoms with Gasteiger partial charge in [-0.2, -0.15) is 4.98 Å². The first-order chi connectivity index (χ1) is 14.6. The van der Waals surface area contributed by atoms with E-state index in [1.165, 1.54) is 25.0 Å². The summed E-state index contributed by atoms with van der Waals surface area (Å²) in [5.41, 5.74) is 3.13. The van der Waals surface area contributed by atoms with E-state index < -0.39 is 0 Å². The van der Waals surface area contributed by atoms with Gasteiger partial charge in [-0.15, -0.1) is 10.2 Å². The summed E-state index contributed by atoms with van der Waals surface area (Å²) in [5, 5.41) is 8.81. The molecule has 3 aromatic heterocycles. The van der Waals surface area contributed by atoms with E-state index in [9.17, 15) is 4.39 Å². The lowest BCUT2D eigenvalue weighted by Gasteiger charge is -2.30. The van der Waals surface area contributed by atoms with Crippen LogP contribution in [-0.2, 0) is 6.42 Å². The van der Waals surface area contributed by atoms with Crippen molar-refractivity contribution in [3.8, 4) is 11.8 Å². The summed E-state index contributed by atoms with van der Waals surface area (Å²) < 4.78 is 15.9. The van der Waals surface area contributed by atoms with Crippen LogP contribution in [0.2, 0.25) is 0 Å². The molecule has 1 aromatic carbocycles. The van der Waals surface area contributed by atoms with Crippen LogP contribution in [0.15, 0.2) is 36.8 Å². The third-order valence-corrected chi connectivity index (χ3v) is 6.05. The molecule has 6 nitrogen and oxygen atoms in total. The number of nitrogens with zero attached hydrogens (tertiary/aromatic N) is 6. The molecule has 0 spiro atoms. The number of hydrogen-bond donors (Lipinski definition) is 0. The van der Waals surface area contributed by atoms with E-state index in [4.69, 9.17) is 4.98 Å². The van der Waals surface area contributed by atoms with Gasteiger partial charge >= 0.3 is 0 Å². The van der Waals surface area contributed by atoms with Crippen molar-refractivity contribution in [1.29, 1.82) is 0 Å². The minimum atomic E-state index is -0.305. The fraction of sp³-hybridized carbons (Fsp3) is 0.304. The molecule has 0 radical (unpaired) electrons. The summed E-state index contributed by atoms with van der Waals surface area (Å²) in [5.74, 6) is 8.49. The molecule has 1 aliphatic carbocycles. The first-order valence-electron chi connectivity index (χ1n) is 10.2. The first-order valence-corrected chi connectivity index (χ1v) is 10.2. The van der Waals surface area contributed by atoms with Crippen LogP contribution in [0.3, 0.4) is 0 Å². The first kappa shape index (κ1) is 17.3. The summed E-state index contributed by atoms with van der Waals surface area (Å²) in [7, 11) is 0. The number of anilines is 2. The molecule has 4 heterocycles. The minimum absolute atomic E-state index is 0.165. The molecule has 1 saturated carbocycles. The van der Waals surface area contributed by atoms with Crippen molar-refractivity contribution >= 4 is 28.3 Å². The molecular weight excluding hydrogens is 379 g/mol. The van der Waals surface area contributed by atoms with E-state index >= 15 is 0 Å². The second kappa shape index (κ2) is 6.23. The number of rotatable bonds is 1. The summed E-state index contributed by atoms with van der Waals surface area (Å²) in [4.78, 5) is 11.5. The van der Waals surface area contributed by atoms with Gasteiger partial charge in [0.1, 0.15) is 23.8 Å². The van der Waals surface area contributed by atoms with Gasteiger partial charge in [0.15, 0.2) is 0 Å². The maximum Gasteiger partial charge on any atom is 0.257 e. The number of halogens is 1. The SMILES string of the molecule is CC1(C#Cc2ccnc3c2CCCN3c2nc3nncn3c3ccc(F)cc23)CC1. The average Bonchev–Trinajstić information content (AvgIpc) is 3.30. The largest absolute Gasteiger partial charge is 0.310 e. The Bertz CT molecular complexity index is 1380. The Hall–Kier alpha value is -3.53. The summed E-state index contributed by atoms with van der Waals surface area (Å²) >= 11 is 0. The van der Waals surface area contributed by atoms with Crippen LogP contribution < -0.4 is 4.90 Å². The fourth-order valence-electron chi connectivity index (χ4n) is 4.07. The van der Waals surface area contributed by atoms with Crippen molar-refractivity contribution in [2.75, 3.05) is 11.4 Å². The highest BCUT2D eigenvalue weighted by Gasteiger charge is 2.35. The Morgan fingerprint density at radius 3 is 2.93 bits per heavy atom. The molecule has 0 bridgehead atoms. The van der Waals surface area contributed by atoms with Gasteiger partial charge in [-0.3, -0.25) is 4.40 Å². The average molecular weight is 398 g/mol. The van der Waals surface area contributed by atoms with Gasteiger partial charge in [-0.25, -0.2) is 9.37 Å². The molecule has 6 rings (SSSR count). The Morgan fingerprint density at radius 1 is 1.17 bits per heavy atom. The van der Waals surface area contributed by atoms with Crippen LogP contribution in [-0.4, -0.2) is 31.1 Å². The van der Waals surface area contributed by atoms with Gasteiger partial charge in [-0.1, -0.05) is 11.8 Å². The lowest BCUT2D eigenvalue weighted by atomic mass is 9.99. The molecule has 0 N–H and O–H groups in total. The van der Waals surface area contributed by atoms with Crippen LogP contribution in [0.25, 0.3) is 16.7 Å². The molecule has 0 unspecified atom stereocenters. The van der Waals surface area contributed by atoms with Crippen molar-refractivity contribution < 1.29 is 4.39 Å². The quantitative estimate of drug-likeness (QED) is 0.453. The zero-order valence-corrected chi connectivity index (χ0v) is 16.6. The lowest BCUT2D eigenvalue weighted by Crippen LogP contribution is -2.27. The Labute approximate surface area is 172 Å². The third kappa shape index (κ3) is 2.71. The topological polar surface area (TPSA) is 59.2 Å². The molecule has 0 saturated heterocycles. The summed E-state index contributed by atoms with van der Waals surface area (Å²) in [6.45, 7) is 2.95. The van der Waals surface area contributed by atoms with Crippen molar-refractivity contribution in [3.63, 3.8) is 0 Å². The molecule has 2 aliphatic rings. The molecule has 0 amide bonds. The number of hydrogen-bond acceptors (Lipinski definition) is 5. The van der Waals surface area contributed by atoms with Crippen molar-refractivity contribution in [2.24, 2.45) is 5.41 Å². The standard InChI is InChI=1S/C23H19FN6/c1-23(9-10-23)8-6-15-7-11-25-20-17(15)3-2-12-29(20)21-18-13-16(24)4-5-19(18)30-14-26-28-22(30)27-21/h4-5,7,11,13-14H,2-3,9-10,12H2,1H3. The van der Waals surface area contributed by atoms with E-state index in [2.05, 4.69) is 38.8 Å². The van der Waals surface area contributed by atoms with E-state index in [0.717, 1.165) is 41.8 Å². The fourth-order valence-corrected chi connectivity index (χ4v) is 4.07. The highest BCUT2D eigenvalue weighted by molar-refractivity contribution is 5.93. The smallest absolute Gasteiger partial charge is 0.257 e. The monoisotopic (exact) mass is 398 g/mol. The zero-order valence-electron chi connectivity index (χ0n) is 16.6. The molecule has 7 heteroatoms. The van der Waals surface area contributed by atoms with Gasteiger partial charge in [0.25, 0.3) is 5.78 Å². The molecule has 148 valence electrons. The number of aromatic nitrogens is 5. The van der Waals surface area contributed by atoms with Gasteiger partial charge < -0.3 is 4.90 Å². The summed E-state index contributed by atoms with van der Waals surface area (Å²) in [6, 6.07) is 6.69. The highest BCUT2D eigenvalue weighted by atomic mass is 19.1. The van der Waals surface area contributed by atoms with Crippen molar-refractivity contribution in [3.05, 3.63) is 53.7 Å². The van der Waals surface area contributed by atoms with Crippen molar-refractivity contribution in [2.45, 2.75) is 32.6 Å².